The normalized spacial score (nSPS) is 18.5. The van der Waals surface area contributed by atoms with Gasteiger partial charge in [0.25, 0.3) is 5.91 Å². The van der Waals surface area contributed by atoms with Crippen molar-refractivity contribution in [2.24, 2.45) is 0 Å². The maximum Gasteiger partial charge on any atom is 0.255 e. The standard InChI is InChI=1S/C18H20ClN3O3S/c1-12-3-4-14(19)10-16(12)21-18(23)13-5-7-20-17(9-13)22(2)15-6-8-26(24,25)11-15/h3-5,7,9-10,15H,6,8,11H2,1-2H3,(H,21,23). The lowest BCUT2D eigenvalue weighted by molar-refractivity contribution is 0.102. The van der Waals surface area contributed by atoms with Crippen LogP contribution >= 0.6 is 11.6 Å². The van der Waals surface area contributed by atoms with Crippen LogP contribution in [0.25, 0.3) is 0 Å². The molecule has 1 aromatic carbocycles. The first-order valence-electron chi connectivity index (χ1n) is 8.22. The number of rotatable bonds is 4. The van der Waals surface area contributed by atoms with Crippen LogP contribution in [0.3, 0.4) is 0 Å². The van der Waals surface area contributed by atoms with Crippen LogP contribution in [0.2, 0.25) is 5.02 Å². The third kappa shape index (κ3) is 4.16. The average Bonchev–Trinajstić information content (AvgIpc) is 2.97. The largest absolute Gasteiger partial charge is 0.356 e. The minimum absolute atomic E-state index is 0.114. The number of benzene rings is 1. The summed E-state index contributed by atoms with van der Waals surface area (Å²) in [4.78, 5) is 18.7. The van der Waals surface area contributed by atoms with Gasteiger partial charge in [-0.3, -0.25) is 4.79 Å². The Balaban J connectivity index is 1.78. The highest BCUT2D eigenvalue weighted by molar-refractivity contribution is 7.91. The summed E-state index contributed by atoms with van der Waals surface area (Å²) in [6, 6.07) is 8.47. The fraction of sp³-hybridized carbons (Fsp3) is 0.333. The molecule has 1 aliphatic rings. The summed E-state index contributed by atoms with van der Waals surface area (Å²) in [6.45, 7) is 1.89. The molecule has 1 saturated heterocycles. The third-order valence-corrected chi connectivity index (χ3v) is 6.56. The van der Waals surface area contributed by atoms with E-state index in [0.717, 1.165) is 5.56 Å². The lowest BCUT2D eigenvalue weighted by atomic mass is 10.1. The molecule has 1 fully saturated rings. The van der Waals surface area contributed by atoms with Gasteiger partial charge in [0.15, 0.2) is 9.84 Å². The maximum atomic E-state index is 12.6. The Morgan fingerprint density at radius 2 is 2.08 bits per heavy atom. The summed E-state index contributed by atoms with van der Waals surface area (Å²) in [5, 5.41) is 3.40. The zero-order valence-electron chi connectivity index (χ0n) is 14.6. The van der Waals surface area contributed by atoms with E-state index in [-0.39, 0.29) is 23.5 Å². The molecule has 6 nitrogen and oxygen atoms in total. The Morgan fingerprint density at radius 3 is 2.77 bits per heavy atom. The van der Waals surface area contributed by atoms with E-state index in [1.165, 1.54) is 0 Å². The van der Waals surface area contributed by atoms with Crippen molar-refractivity contribution in [2.75, 3.05) is 28.8 Å². The van der Waals surface area contributed by atoms with E-state index in [9.17, 15) is 13.2 Å². The Hall–Kier alpha value is -2.12. The Bertz CT molecular complexity index is 946. The highest BCUT2D eigenvalue weighted by Crippen LogP contribution is 2.24. The molecule has 8 heteroatoms. The molecule has 1 N–H and O–H groups in total. The van der Waals surface area contributed by atoms with Crippen molar-refractivity contribution in [3.05, 3.63) is 52.7 Å². The van der Waals surface area contributed by atoms with E-state index in [1.807, 2.05) is 17.9 Å². The lowest BCUT2D eigenvalue weighted by Crippen LogP contribution is -2.33. The van der Waals surface area contributed by atoms with E-state index >= 15 is 0 Å². The van der Waals surface area contributed by atoms with Gasteiger partial charge in [0, 0.05) is 35.6 Å². The lowest BCUT2D eigenvalue weighted by Gasteiger charge is -2.24. The highest BCUT2D eigenvalue weighted by atomic mass is 35.5. The molecule has 3 rings (SSSR count). The molecule has 2 heterocycles. The zero-order chi connectivity index (χ0) is 18.9. The number of nitrogens with zero attached hydrogens (tertiary/aromatic N) is 2. The smallest absolute Gasteiger partial charge is 0.255 e. The van der Waals surface area contributed by atoms with Crippen LogP contribution in [0.1, 0.15) is 22.3 Å². The van der Waals surface area contributed by atoms with Crippen molar-refractivity contribution in [3.8, 4) is 0 Å². The monoisotopic (exact) mass is 393 g/mol. The quantitative estimate of drug-likeness (QED) is 0.863. The summed E-state index contributed by atoms with van der Waals surface area (Å²) in [6.07, 6.45) is 2.12. The van der Waals surface area contributed by atoms with Crippen molar-refractivity contribution < 1.29 is 13.2 Å². The number of sulfone groups is 1. The van der Waals surface area contributed by atoms with E-state index in [0.29, 0.717) is 28.5 Å². The van der Waals surface area contributed by atoms with Gasteiger partial charge in [0.2, 0.25) is 0 Å². The molecule has 0 saturated carbocycles. The molecular formula is C18H20ClN3O3S. The van der Waals surface area contributed by atoms with Crippen molar-refractivity contribution >= 4 is 38.9 Å². The van der Waals surface area contributed by atoms with Crippen LogP contribution in [0, 0.1) is 6.92 Å². The number of nitrogens with one attached hydrogen (secondary N) is 1. The number of pyridine rings is 1. The summed E-state index contributed by atoms with van der Waals surface area (Å²) < 4.78 is 23.4. The third-order valence-electron chi connectivity index (χ3n) is 4.57. The summed E-state index contributed by atoms with van der Waals surface area (Å²) in [7, 11) is -1.18. The van der Waals surface area contributed by atoms with Gasteiger partial charge >= 0.3 is 0 Å². The molecule has 0 radical (unpaired) electrons. The van der Waals surface area contributed by atoms with Crippen LogP contribution in [0.15, 0.2) is 36.5 Å². The molecule has 1 atom stereocenters. The predicted molar refractivity (Wildman–Crippen MR) is 104 cm³/mol. The number of anilines is 2. The molecule has 26 heavy (non-hydrogen) atoms. The van der Waals surface area contributed by atoms with Crippen molar-refractivity contribution in [1.29, 1.82) is 0 Å². The molecule has 1 aromatic heterocycles. The first-order valence-corrected chi connectivity index (χ1v) is 10.4. The number of carbonyl (C=O) groups excluding carboxylic acids is 1. The number of hydrogen-bond donors (Lipinski definition) is 1. The first kappa shape index (κ1) is 18.7. The van der Waals surface area contributed by atoms with Gasteiger partial charge in [-0.15, -0.1) is 0 Å². The highest BCUT2D eigenvalue weighted by Gasteiger charge is 2.31. The van der Waals surface area contributed by atoms with Gasteiger partial charge in [-0.25, -0.2) is 13.4 Å². The fourth-order valence-corrected chi connectivity index (χ4v) is 4.89. The maximum absolute atomic E-state index is 12.6. The molecule has 0 aliphatic carbocycles. The molecule has 0 bridgehead atoms. The molecule has 1 aliphatic heterocycles. The molecule has 1 unspecified atom stereocenters. The van der Waals surface area contributed by atoms with Crippen molar-refractivity contribution in [2.45, 2.75) is 19.4 Å². The molecule has 1 amide bonds. The van der Waals surface area contributed by atoms with Crippen LogP contribution in [-0.4, -0.2) is 43.9 Å². The average molecular weight is 394 g/mol. The summed E-state index contributed by atoms with van der Waals surface area (Å²) in [5.41, 5.74) is 2.00. The predicted octanol–water partition coefficient (Wildman–Crippen LogP) is 2.92. The molecule has 2 aromatic rings. The van der Waals surface area contributed by atoms with Crippen LogP contribution < -0.4 is 10.2 Å². The number of hydrogen-bond acceptors (Lipinski definition) is 5. The minimum Gasteiger partial charge on any atom is -0.356 e. The second-order valence-corrected chi connectivity index (χ2v) is 9.15. The van der Waals surface area contributed by atoms with Gasteiger partial charge in [-0.05, 0) is 43.2 Å². The Morgan fingerprint density at radius 1 is 1.31 bits per heavy atom. The number of aryl methyl sites for hydroxylation is 1. The first-order chi connectivity index (χ1) is 12.2. The Labute approximate surface area is 158 Å². The fourth-order valence-electron chi connectivity index (χ4n) is 2.94. The van der Waals surface area contributed by atoms with Gasteiger partial charge in [0.1, 0.15) is 5.82 Å². The van der Waals surface area contributed by atoms with Gasteiger partial charge < -0.3 is 10.2 Å². The Kier molecular flexibility index (Phi) is 5.20. The number of carbonyl (C=O) groups is 1. The summed E-state index contributed by atoms with van der Waals surface area (Å²) in [5.74, 6) is 0.605. The van der Waals surface area contributed by atoms with E-state index in [4.69, 9.17) is 11.6 Å². The molecule has 138 valence electrons. The minimum atomic E-state index is -2.99. The van der Waals surface area contributed by atoms with E-state index in [2.05, 4.69) is 10.3 Å². The van der Waals surface area contributed by atoms with Gasteiger partial charge in [-0.1, -0.05) is 17.7 Å². The molecular weight excluding hydrogens is 374 g/mol. The second-order valence-electron chi connectivity index (χ2n) is 6.48. The van der Waals surface area contributed by atoms with Gasteiger partial charge in [-0.2, -0.15) is 0 Å². The topological polar surface area (TPSA) is 79.4 Å². The van der Waals surface area contributed by atoms with Crippen LogP contribution in [0.5, 0.6) is 0 Å². The number of halogens is 1. The van der Waals surface area contributed by atoms with Crippen LogP contribution in [-0.2, 0) is 9.84 Å². The van der Waals surface area contributed by atoms with Crippen molar-refractivity contribution in [3.63, 3.8) is 0 Å². The van der Waals surface area contributed by atoms with E-state index in [1.54, 1.807) is 37.5 Å². The SMILES string of the molecule is Cc1ccc(Cl)cc1NC(=O)c1ccnc(N(C)C2CCS(=O)(=O)C2)c1. The van der Waals surface area contributed by atoms with Crippen LogP contribution in [0.4, 0.5) is 11.5 Å². The zero-order valence-corrected chi connectivity index (χ0v) is 16.1. The number of amides is 1. The number of aromatic nitrogens is 1. The van der Waals surface area contributed by atoms with E-state index < -0.39 is 9.84 Å². The second kappa shape index (κ2) is 7.25. The van der Waals surface area contributed by atoms with Gasteiger partial charge in [0.05, 0.1) is 11.5 Å². The van der Waals surface area contributed by atoms with Crippen molar-refractivity contribution in [1.82, 2.24) is 4.98 Å². The summed E-state index contributed by atoms with van der Waals surface area (Å²) >= 11 is 5.99. The molecule has 0 spiro atoms.